The van der Waals surface area contributed by atoms with Crippen molar-refractivity contribution >= 4 is 47.1 Å². The molecule has 0 aliphatic rings. The SMILES string of the molecule is CCNC(=O)CN(CC)C(=O)COC(=O)/C=C/c1ccc(Cl)cc1Cl. The molecule has 0 aromatic heterocycles. The fourth-order valence-electron chi connectivity index (χ4n) is 1.87. The first kappa shape index (κ1) is 21.0. The fourth-order valence-corrected chi connectivity index (χ4v) is 2.34. The molecule has 0 spiro atoms. The Bertz CT molecular complexity index is 662. The Balaban J connectivity index is 2.52. The van der Waals surface area contributed by atoms with Crippen LogP contribution in [0.3, 0.4) is 0 Å². The smallest absolute Gasteiger partial charge is 0.331 e. The highest BCUT2D eigenvalue weighted by Gasteiger charge is 2.16. The average Bonchev–Trinajstić information content (AvgIpc) is 2.57. The van der Waals surface area contributed by atoms with Crippen LogP contribution in [0.2, 0.25) is 10.0 Å². The van der Waals surface area contributed by atoms with Crippen molar-refractivity contribution in [3.8, 4) is 0 Å². The molecule has 1 N–H and O–H groups in total. The molecule has 0 atom stereocenters. The lowest BCUT2D eigenvalue weighted by molar-refractivity contribution is -0.148. The number of likely N-dealkylation sites (N-methyl/N-ethyl adjacent to an activating group) is 2. The summed E-state index contributed by atoms with van der Waals surface area (Å²) in [4.78, 5) is 36.5. The molecule has 0 aliphatic heterocycles. The quantitative estimate of drug-likeness (QED) is 0.550. The standard InChI is InChI=1S/C17H20Cl2N2O4/c1-3-20-15(22)10-21(4-2)16(23)11-25-17(24)8-6-12-5-7-13(18)9-14(12)19/h5-9H,3-4,10-11H2,1-2H3,(H,20,22)/b8-6+. The van der Waals surface area contributed by atoms with Gasteiger partial charge in [-0.1, -0.05) is 29.3 Å². The van der Waals surface area contributed by atoms with E-state index in [1.807, 2.05) is 0 Å². The Hall–Kier alpha value is -2.05. The molecule has 1 aromatic carbocycles. The number of hydrogen-bond donors (Lipinski definition) is 1. The van der Waals surface area contributed by atoms with Gasteiger partial charge >= 0.3 is 5.97 Å². The predicted molar refractivity (Wildman–Crippen MR) is 97.4 cm³/mol. The first-order valence-electron chi connectivity index (χ1n) is 7.71. The number of benzene rings is 1. The number of halogens is 2. The van der Waals surface area contributed by atoms with E-state index >= 15 is 0 Å². The van der Waals surface area contributed by atoms with Crippen LogP contribution in [0.1, 0.15) is 19.4 Å². The normalized spacial score (nSPS) is 10.6. The van der Waals surface area contributed by atoms with E-state index in [2.05, 4.69) is 5.32 Å². The summed E-state index contributed by atoms with van der Waals surface area (Å²) in [7, 11) is 0. The van der Waals surface area contributed by atoms with Crippen LogP contribution in [0.4, 0.5) is 0 Å². The first-order chi connectivity index (χ1) is 11.9. The number of hydrogen-bond acceptors (Lipinski definition) is 4. The van der Waals surface area contributed by atoms with Crippen LogP contribution in [-0.2, 0) is 19.1 Å². The van der Waals surface area contributed by atoms with E-state index in [4.69, 9.17) is 27.9 Å². The lowest BCUT2D eigenvalue weighted by Gasteiger charge is -2.19. The maximum absolute atomic E-state index is 12.0. The molecular weight excluding hydrogens is 367 g/mol. The molecule has 6 nitrogen and oxygen atoms in total. The molecule has 0 radical (unpaired) electrons. The van der Waals surface area contributed by atoms with Crippen molar-refractivity contribution in [3.05, 3.63) is 39.9 Å². The summed E-state index contributed by atoms with van der Waals surface area (Å²) in [5.74, 6) is -1.39. The van der Waals surface area contributed by atoms with Gasteiger partial charge in [0.2, 0.25) is 5.91 Å². The van der Waals surface area contributed by atoms with Gasteiger partial charge in [0.15, 0.2) is 6.61 Å². The molecule has 2 amide bonds. The van der Waals surface area contributed by atoms with Crippen molar-refractivity contribution in [3.63, 3.8) is 0 Å². The maximum atomic E-state index is 12.0. The molecular formula is C17H20Cl2N2O4. The molecule has 0 heterocycles. The van der Waals surface area contributed by atoms with E-state index in [1.165, 1.54) is 17.1 Å². The van der Waals surface area contributed by atoms with Gasteiger partial charge in [0.05, 0.1) is 6.54 Å². The van der Waals surface area contributed by atoms with E-state index in [1.54, 1.807) is 32.0 Å². The van der Waals surface area contributed by atoms with Crippen LogP contribution in [0.25, 0.3) is 6.08 Å². The van der Waals surface area contributed by atoms with Gasteiger partial charge in [-0.15, -0.1) is 0 Å². The van der Waals surface area contributed by atoms with Gasteiger partial charge in [0, 0.05) is 29.2 Å². The van der Waals surface area contributed by atoms with Crippen molar-refractivity contribution in [1.29, 1.82) is 0 Å². The lowest BCUT2D eigenvalue weighted by atomic mass is 10.2. The van der Waals surface area contributed by atoms with Gasteiger partial charge in [-0.2, -0.15) is 0 Å². The van der Waals surface area contributed by atoms with Crippen LogP contribution < -0.4 is 5.32 Å². The van der Waals surface area contributed by atoms with Crippen LogP contribution in [0.5, 0.6) is 0 Å². The van der Waals surface area contributed by atoms with Gasteiger partial charge in [0.25, 0.3) is 5.91 Å². The molecule has 8 heteroatoms. The van der Waals surface area contributed by atoms with Gasteiger partial charge in [0.1, 0.15) is 0 Å². The molecule has 0 saturated carbocycles. The average molecular weight is 387 g/mol. The maximum Gasteiger partial charge on any atom is 0.331 e. The Morgan fingerprint density at radius 1 is 1.24 bits per heavy atom. The summed E-state index contributed by atoms with van der Waals surface area (Å²) in [6, 6.07) is 4.85. The summed E-state index contributed by atoms with van der Waals surface area (Å²) >= 11 is 11.8. The number of nitrogens with zero attached hydrogens (tertiary/aromatic N) is 1. The zero-order chi connectivity index (χ0) is 18.8. The largest absolute Gasteiger partial charge is 0.452 e. The van der Waals surface area contributed by atoms with Crippen molar-refractivity contribution in [2.24, 2.45) is 0 Å². The minimum absolute atomic E-state index is 0.0725. The molecule has 0 fully saturated rings. The second kappa shape index (κ2) is 10.7. The number of esters is 1. The Morgan fingerprint density at radius 3 is 2.56 bits per heavy atom. The van der Waals surface area contributed by atoms with Crippen molar-refractivity contribution in [2.45, 2.75) is 13.8 Å². The summed E-state index contributed by atoms with van der Waals surface area (Å²) in [6.07, 6.45) is 2.64. The van der Waals surface area contributed by atoms with Crippen molar-refractivity contribution in [2.75, 3.05) is 26.2 Å². The Morgan fingerprint density at radius 2 is 1.96 bits per heavy atom. The molecule has 1 rings (SSSR count). The van der Waals surface area contributed by atoms with Gasteiger partial charge in [-0.3, -0.25) is 9.59 Å². The van der Waals surface area contributed by atoms with Crippen molar-refractivity contribution < 1.29 is 19.1 Å². The highest BCUT2D eigenvalue weighted by atomic mass is 35.5. The van der Waals surface area contributed by atoms with Crippen LogP contribution in [-0.4, -0.2) is 48.9 Å². The molecule has 0 saturated heterocycles. The Kier molecular flexibility index (Phi) is 9.02. The summed E-state index contributed by atoms with van der Waals surface area (Å²) in [5.41, 5.74) is 0.598. The molecule has 0 aliphatic carbocycles. The highest BCUT2D eigenvalue weighted by Crippen LogP contribution is 2.21. The van der Waals surface area contributed by atoms with E-state index in [-0.39, 0.29) is 12.5 Å². The lowest BCUT2D eigenvalue weighted by Crippen LogP contribution is -2.42. The van der Waals surface area contributed by atoms with E-state index in [0.717, 1.165) is 0 Å². The molecule has 25 heavy (non-hydrogen) atoms. The van der Waals surface area contributed by atoms with Gasteiger partial charge in [-0.25, -0.2) is 4.79 Å². The summed E-state index contributed by atoms with van der Waals surface area (Å²) < 4.78 is 4.90. The Labute approximate surface area is 156 Å². The molecule has 0 bridgehead atoms. The predicted octanol–water partition coefficient (Wildman–Crippen LogP) is 2.53. The second-order valence-corrected chi connectivity index (χ2v) is 5.81. The summed E-state index contributed by atoms with van der Waals surface area (Å²) in [5, 5.41) is 3.49. The number of carbonyl (C=O) groups excluding carboxylic acids is 3. The third-order valence-electron chi connectivity index (χ3n) is 3.14. The first-order valence-corrected chi connectivity index (χ1v) is 8.47. The topological polar surface area (TPSA) is 75.7 Å². The van der Waals surface area contributed by atoms with Crippen LogP contribution >= 0.6 is 23.2 Å². The second-order valence-electron chi connectivity index (χ2n) is 4.97. The molecule has 136 valence electrons. The van der Waals surface area contributed by atoms with Crippen LogP contribution in [0, 0.1) is 0 Å². The van der Waals surface area contributed by atoms with Crippen molar-refractivity contribution in [1.82, 2.24) is 10.2 Å². The zero-order valence-electron chi connectivity index (χ0n) is 14.1. The highest BCUT2D eigenvalue weighted by molar-refractivity contribution is 6.35. The van der Waals surface area contributed by atoms with Crippen LogP contribution in [0.15, 0.2) is 24.3 Å². The fraction of sp³-hybridized carbons (Fsp3) is 0.353. The van der Waals surface area contributed by atoms with E-state index in [9.17, 15) is 14.4 Å². The molecule has 1 aromatic rings. The van der Waals surface area contributed by atoms with E-state index < -0.39 is 18.5 Å². The monoisotopic (exact) mass is 386 g/mol. The third-order valence-corrected chi connectivity index (χ3v) is 3.70. The van der Waals surface area contributed by atoms with Gasteiger partial charge in [-0.05, 0) is 37.6 Å². The number of amides is 2. The zero-order valence-corrected chi connectivity index (χ0v) is 15.6. The molecule has 0 unspecified atom stereocenters. The van der Waals surface area contributed by atoms with E-state index in [0.29, 0.717) is 28.7 Å². The minimum atomic E-state index is -0.687. The number of ether oxygens (including phenoxy) is 1. The van der Waals surface area contributed by atoms with Gasteiger partial charge < -0.3 is 15.0 Å². The summed E-state index contributed by atoms with van der Waals surface area (Å²) in [6.45, 7) is 3.83. The minimum Gasteiger partial charge on any atom is -0.452 e. The number of carbonyl (C=O) groups is 3. The number of nitrogens with one attached hydrogen (secondary N) is 1. The third kappa shape index (κ3) is 7.58. The number of rotatable bonds is 8.